The summed E-state index contributed by atoms with van der Waals surface area (Å²) < 4.78 is 5.40. The molecule has 76 valence electrons. The zero-order valence-electron chi connectivity index (χ0n) is 9.21. The summed E-state index contributed by atoms with van der Waals surface area (Å²) in [7, 11) is 0. The van der Waals surface area contributed by atoms with Crippen molar-refractivity contribution in [3.05, 3.63) is 55.0 Å². The van der Waals surface area contributed by atoms with Gasteiger partial charge in [0.1, 0.15) is 11.5 Å². The minimum atomic E-state index is 0.836. The van der Waals surface area contributed by atoms with Crippen LogP contribution in [0.15, 0.2) is 47.9 Å². The first-order valence-electron chi connectivity index (χ1n) is 4.80. The summed E-state index contributed by atoms with van der Waals surface area (Å²) in [5.41, 5.74) is 0.957. The second-order valence-corrected chi connectivity index (χ2v) is 2.47. The van der Waals surface area contributed by atoms with Crippen molar-refractivity contribution in [2.45, 2.75) is 20.8 Å². The molecule has 0 amide bonds. The molecular weight excluding hydrogens is 172 g/mol. The van der Waals surface area contributed by atoms with Crippen LogP contribution in [0.25, 0.3) is 5.57 Å². The maximum absolute atomic E-state index is 5.40. The molecule has 0 saturated carbocycles. The van der Waals surface area contributed by atoms with Crippen LogP contribution in [0.5, 0.6) is 0 Å². The van der Waals surface area contributed by atoms with Gasteiger partial charge >= 0.3 is 0 Å². The average molecular weight is 190 g/mol. The van der Waals surface area contributed by atoms with Gasteiger partial charge in [0, 0.05) is 5.57 Å². The van der Waals surface area contributed by atoms with Crippen LogP contribution in [0.1, 0.15) is 25.4 Å². The van der Waals surface area contributed by atoms with Gasteiger partial charge in [-0.15, -0.1) is 0 Å². The molecule has 0 aliphatic heterocycles. The molecule has 0 aliphatic carbocycles. The van der Waals surface area contributed by atoms with Crippen molar-refractivity contribution in [1.29, 1.82) is 0 Å². The molecule has 0 aromatic carbocycles. The molecule has 0 unspecified atom stereocenters. The number of hydrogen-bond donors (Lipinski definition) is 0. The van der Waals surface area contributed by atoms with Gasteiger partial charge in [0.15, 0.2) is 0 Å². The van der Waals surface area contributed by atoms with E-state index in [0.717, 1.165) is 17.1 Å². The summed E-state index contributed by atoms with van der Waals surface area (Å²) in [6, 6.07) is 3.85. The smallest absolute Gasteiger partial charge is 0.134 e. The largest absolute Gasteiger partial charge is 0.461 e. The first kappa shape index (κ1) is 12.5. The van der Waals surface area contributed by atoms with E-state index in [0.29, 0.717) is 0 Å². The zero-order chi connectivity index (χ0) is 11.0. The van der Waals surface area contributed by atoms with Crippen LogP contribution in [0.4, 0.5) is 0 Å². The molecule has 1 aromatic heterocycles. The molecule has 0 N–H and O–H groups in total. The topological polar surface area (TPSA) is 13.1 Å². The normalized spacial score (nSPS) is 10.1. The summed E-state index contributed by atoms with van der Waals surface area (Å²) in [6.07, 6.45) is 5.33. The molecule has 1 heterocycles. The monoisotopic (exact) mass is 190 g/mol. The fourth-order valence-corrected chi connectivity index (χ4v) is 0.967. The molecule has 0 bridgehead atoms. The van der Waals surface area contributed by atoms with Gasteiger partial charge < -0.3 is 4.42 Å². The van der Waals surface area contributed by atoms with Crippen LogP contribution in [-0.4, -0.2) is 0 Å². The van der Waals surface area contributed by atoms with E-state index in [2.05, 4.69) is 13.2 Å². The predicted molar refractivity (Wildman–Crippen MR) is 63.2 cm³/mol. The summed E-state index contributed by atoms with van der Waals surface area (Å²) >= 11 is 0. The highest BCUT2D eigenvalue weighted by Gasteiger charge is 2.00. The van der Waals surface area contributed by atoms with Crippen molar-refractivity contribution in [3.63, 3.8) is 0 Å². The van der Waals surface area contributed by atoms with Crippen LogP contribution in [0.3, 0.4) is 0 Å². The Morgan fingerprint density at radius 3 is 2.29 bits per heavy atom. The SMILES string of the molecule is C=C/C=C(\C=C)c1ccc(C)o1.CC. The number of hydrogen-bond acceptors (Lipinski definition) is 1. The molecule has 1 nitrogen and oxygen atoms in total. The lowest BCUT2D eigenvalue weighted by molar-refractivity contribution is 0.522. The summed E-state index contributed by atoms with van der Waals surface area (Å²) in [4.78, 5) is 0. The van der Waals surface area contributed by atoms with Crippen LogP contribution >= 0.6 is 0 Å². The molecular formula is C13H18O. The van der Waals surface area contributed by atoms with Gasteiger partial charge in [0.25, 0.3) is 0 Å². The van der Waals surface area contributed by atoms with Crippen molar-refractivity contribution in [1.82, 2.24) is 0 Å². The Kier molecular flexibility index (Phi) is 6.21. The number of rotatable bonds is 3. The molecule has 0 aliphatic rings. The highest BCUT2D eigenvalue weighted by atomic mass is 16.3. The zero-order valence-corrected chi connectivity index (χ0v) is 9.21. The van der Waals surface area contributed by atoms with E-state index in [1.54, 1.807) is 12.2 Å². The molecule has 1 heteroatoms. The molecule has 14 heavy (non-hydrogen) atoms. The average Bonchev–Trinajstić information content (AvgIpc) is 2.64. The van der Waals surface area contributed by atoms with E-state index >= 15 is 0 Å². The Bertz CT molecular complexity index is 316. The Hall–Kier alpha value is -1.50. The van der Waals surface area contributed by atoms with Crippen LogP contribution in [-0.2, 0) is 0 Å². The van der Waals surface area contributed by atoms with Gasteiger partial charge in [-0.1, -0.05) is 45.2 Å². The molecule has 0 fully saturated rings. The maximum Gasteiger partial charge on any atom is 0.134 e. The molecule has 1 rings (SSSR count). The third kappa shape index (κ3) is 3.48. The van der Waals surface area contributed by atoms with Crippen molar-refractivity contribution in [2.75, 3.05) is 0 Å². The molecule has 0 atom stereocenters. The van der Waals surface area contributed by atoms with Crippen LogP contribution in [0, 0.1) is 6.92 Å². The lowest BCUT2D eigenvalue weighted by Gasteiger charge is -1.93. The minimum absolute atomic E-state index is 0.836. The molecule has 1 aromatic rings. The van der Waals surface area contributed by atoms with Gasteiger partial charge in [-0.05, 0) is 19.1 Å². The van der Waals surface area contributed by atoms with Gasteiger partial charge in [-0.3, -0.25) is 0 Å². The van der Waals surface area contributed by atoms with Gasteiger partial charge in [-0.25, -0.2) is 0 Å². The first-order chi connectivity index (χ1) is 6.77. The highest BCUT2D eigenvalue weighted by Crippen LogP contribution is 2.17. The van der Waals surface area contributed by atoms with Crippen LogP contribution < -0.4 is 0 Å². The fraction of sp³-hybridized carbons (Fsp3) is 0.231. The standard InChI is InChI=1S/C11H12O.C2H6/c1-4-6-10(5-2)11-8-7-9(3)12-11;1-2/h4-8H,1-2H2,3H3;1-2H3/b10-6+;. The molecule has 0 saturated heterocycles. The van der Waals surface area contributed by atoms with E-state index in [9.17, 15) is 0 Å². The minimum Gasteiger partial charge on any atom is -0.461 e. The van der Waals surface area contributed by atoms with Crippen molar-refractivity contribution in [3.8, 4) is 0 Å². The summed E-state index contributed by atoms with van der Waals surface area (Å²) in [5.74, 6) is 1.74. The Morgan fingerprint density at radius 2 is 1.93 bits per heavy atom. The van der Waals surface area contributed by atoms with E-state index < -0.39 is 0 Å². The van der Waals surface area contributed by atoms with Gasteiger partial charge in [0.05, 0.1) is 0 Å². The predicted octanol–water partition coefficient (Wildman–Crippen LogP) is 4.37. The lowest BCUT2D eigenvalue weighted by atomic mass is 10.2. The second-order valence-electron chi connectivity index (χ2n) is 2.47. The van der Waals surface area contributed by atoms with E-state index in [1.807, 2.05) is 39.0 Å². The van der Waals surface area contributed by atoms with E-state index in [1.165, 1.54) is 0 Å². The Morgan fingerprint density at radius 1 is 1.29 bits per heavy atom. The lowest BCUT2D eigenvalue weighted by Crippen LogP contribution is -1.73. The molecule has 0 radical (unpaired) electrons. The van der Waals surface area contributed by atoms with Crippen molar-refractivity contribution >= 4 is 5.57 Å². The second kappa shape index (κ2) is 6.96. The Labute approximate surface area is 86.4 Å². The first-order valence-corrected chi connectivity index (χ1v) is 4.80. The number of aryl methyl sites for hydroxylation is 1. The van der Waals surface area contributed by atoms with Crippen LogP contribution in [0.2, 0.25) is 0 Å². The van der Waals surface area contributed by atoms with Crippen molar-refractivity contribution < 1.29 is 4.42 Å². The van der Waals surface area contributed by atoms with E-state index in [4.69, 9.17) is 4.42 Å². The van der Waals surface area contributed by atoms with Gasteiger partial charge in [0.2, 0.25) is 0 Å². The van der Waals surface area contributed by atoms with E-state index in [-0.39, 0.29) is 0 Å². The van der Waals surface area contributed by atoms with Crippen molar-refractivity contribution in [2.24, 2.45) is 0 Å². The maximum atomic E-state index is 5.40. The third-order valence-electron chi connectivity index (χ3n) is 1.54. The molecule has 0 spiro atoms. The summed E-state index contributed by atoms with van der Waals surface area (Å²) in [5, 5.41) is 0. The highest BCUT2D eigenvalue weighted by molar-refractivity contribution is 5.71. The third-order valence-corrected chi connectivity index (χ3v) is 1.54. The fourth-order valence-electron chi connectivity index (χ4n) is 0.967. The quantitative estimate of drug-likeness (QED) is 0.645. The summed E-state index contributed by atoms with van der Waals surface area (Å²) in [6.45, 7) is 13.2. The number of furan rings is 1. The Balaban J connectivity index is 0.000000791. The number of allylic oxidation sites excluding steroid dienone is 4. The van der Waals surface area contributed by atoms with Gasteiger partial charge in [-0.2, -0.15) is 0 Å².